The minimum Gasteiger partial charge on any atom is -0.405 e. The maximum Gasteiger partial charge on any atom is 0.261 e. The van der Waals surface area contributed by atoms with Gasteiger partial charge in [-0.15, -0.1) is 0 Å². The second-order valence-corrected chi connectivity index (χ2v) is 13.9. The monoisotopic (exact) mass is 426 g/mol. The van der Waals surface area contributed by atoms with Crippen LogP contribution in [-0.4, -0.2) is 38.3 Å². The van der Waals surface area contributed by atoms with Crippen LogP contribution in [0.5, 0.6) is 0 Å². The zero-order chi connectivity index (χ0) is 21.6. The molecule has 164 valence electrons. The number of aliphatic hydroxyl groups is 1. The van der Waals surface area contributed by atoms with Crippen LogP contribution in [0.4, 0.5) is 0 Å². The van der Waals surface area contributed by atoms with Gasteiger partial charge in [-0.25, -0.2) is 0 Å². The topological polar surface area (TPSA) is 42.0 Å². The smallest absolute Gasteiger partial charge is 0.261 e. The Morgan fingerprint density at radius 2 is 1.47 bits per heavy atom. The average Bonchev–Trinajstić information content (AvgIpc) is 3.50. The van der Waals surface area contributed by atoms with Crippen LogP contribution in [0.15, 0.2) is 60.7 Å². The Kier molecular flexibility index (Phi) is 7.91. The molecular weight excluding hydrogens is 388 g/mol. The summed E-state index contributed by atoms with van der Waals surface area (Å²) in [5, 5.41) is 11.8. The van der Waals surface area contributed by atoms with E-state index >= 15 is 0 Å². The maximum atomic E-state index is 9.08. The van der Waals surface area contributed by atoms with Crippen molar-refractivity contribution in [2.45, 2.75) is 83.1 Å². The molecule has 0 radical (unpaired) electrons. The molecule has 3 rings (SSSR count). The van der Waals surface area contributed by atoms with Gasteiger partial charge in [0.2, 0.25) is 0 Å². The molecule has 0 spiro atoms. The van der Waals surface area contributed by atoms with Gasteiger partial charge in [0.05, 0.1) is 12.7 Å². The minimum atomic E-state index is -2.45. The predicted octanol–water partition coefficient (Wildman–Crippen LogP) is 4.66. The molecule has 0 amide bonds. The van der Waals surface area contributed by atoms with E-state index in [4.69, 9.17) is 14.3 Å². The molecule has 1 fully saturated rings. The molecule has 0 unspecified atom stereocenters. The molecule has 2 aromatic carbocycles. The first-order valence-corrected chi connectivity index (χ1v) is 13.3. The van der Waals surface area contributed by atoms with Crippen molar-refractivity contribution >= 4 is 18.7 Å². The van der Waals surface area contributed by atoms with E-state index in [1.54, 1.807) is 0 Å². The molecule has 2 aromatic rings. The molecule has 4 heteroatoms. The molecule has 0 aromatic heterocycles. The quantitative estimate of drug-likeness (QED) is 0.323. The maximum absolute atomic E-state index is 9.08. The van der Waals surface area contributed by atoms with Gasteiger partial charge in [-0.1, -0.05) is 101 Å². The fraction of sp³-hybridized carbons (Fsp3) is 0.538. The molecule has 0 saturated carbocycles. The summed E-state index contributed by atoms with van der Waals surface area (Å²) in [6, 6.07) is 21.7. The van der Waals surface area contributed by atoms with Gasteiger partial charge in [0.25, 0.3) is 8.32 Å². The van der Waals surface area contributed by atoms with Crippen molar-refractivity contribution in [1.29, 1.82) is 0 Å². The highest BCUT2D eigenvalue weighted by molar-refractivity contribution is 6.99. The van der Waals surface area contributed by atoms with E-state index in [1.807, 2.05) is 0 Å². The van der Waals surface area contributed by atoms with Crippen LogP contribution in [0.25, 0.3) is 0 Å². The van der Waals surface area contributed by atoms with E-state index in [2.05, 4.69) is 88.4 Å². The molecule has 30 heavy (non-hydrogen) atoms. The molecule has 1 N–H and O–H groups in total. The van der Waals surface area contributed by atoms with Crippen LogP contribution in [0, 0.1) is 0 Å². The molecule has 1 aliphatic heterocycles. The van der Waals surface area contributed by atoms with Crippen LogP contribution in [-0.2, 0) is 9.16 Å². The molecule has 3 atom stereocenters. The minimum absolute atomic E-state index is 0.0204. The lowest BCUT2D eigenvalue weighted by Crippen LogP contribution is -2.67. The number of unbranched alkanes of at least 4 members (excludes halogenated alkanes) is 2. The van der Waals surface area contributed by atoms with Crippen LogP contribution in [0.3, 0.4) is 0 Å². The van der Waals surface area contributed by atoms with E-state index in [-0.39, 0.29) is 23.9 Å². The van der Waals surface area contributed by atoms with Crippen LogP contribution in [0.2, 0.25) is 5.04 Å². The summed E-state index contributed by atoms with van der Waals surface area (Å²) in [5.41, 5.74) is 0. The van der Waals surface area contributed by atoms with Crippen LogP contribution in [0.1, 0.15) is 59.8 Å². The Bertz CT molecular complexity index is 717. The van der Waals surface area contributed by atoms with Crippen molar-refractivity contribution < 1.29 is 14.3 Å². The van der Waals surface area contributed by atoms with Gasteiger partial charge in [0.1, 0.15) is 6.10 Å². The van der Waals surface area contributed by atoms with E-state index < -0.39 is 8.32 Å². The molecule has 1 heterocycles. The molecule has 1 aliphatic rings. The standard InChI is InChI=1S/C26H38O3Si/c1-21(14-8-5-13-19-24-25(20-27)28-24)29-30(26(2,3)4,22-15-9-6-10-16-22)23-17-11-7-12-18-23/h6-7,9-12,15-18,21,24-25,27H,5,8,13-14,19-20H2,1-4H3/t21-,24-,25-/m1/s1. The normalized spacial score (nSPS) is 20.2. The van der Waals surface area contributed by atoms with Crippen molar-refractivity contribution in [3.8, 4) is 0 Å². The van der Waals surface area contributed by atoms with Crippen molar-refractivity contribution in [2.75, 3.05) is 6.61 Å². The van der Waals surface area contributed by atoms with Gasteiger partial charge >= 0.3 is 0 Å². The number of ether oxygens (including phenoxy) is 1. The Balaban J connectivity index is 1.69. The summed E-state index contributed by atoms with van der Waals surface area (Å²) >= 11 is 0. The number of rotatable bonds is 11. The third-order valence-electron chi connectivity index (χ3n) is 6.26. The Morgan fingerprint density at radius 1 is 0.900 bits per heavy atom. The van der Waals surface area contributed by atoms with E-state index in [1.165, 1.54) is 16.8 Å². The summed E-state index contributed by atoms with van der Waals surface area (Å²) in [7, 11) is -2.45. The van der Waals surface area contributed by atoms with Crippen molar-refractivity contribution in [3.63, 3.8) is 0 Å². The van der Waals surface area contributed by atoms with Gasteiger partial charge in [-0.3, -0.25) is 0 Å². The van der Waals surface area contributed by atoms with Gasteiger partial charge in [0, 0.05) is 6.10 Å². The highest BCUT2D eigenvalue weighted by atomic mass is 28.4. The second-order valence-electron chi connectivity index (χ2n) is 9.63. The lowest BCUT2D eigenvalue weighted by molar-refractivity contribution is 0.192. The number of epoxide rings is 1. The fourth-order valence-corrected chi connectivity index (χ4v) is 9.34. The zero-order valence-corrected chi connectivity index (χ0v) is 20.0. The number of aliphatic hydroxyl groups excluding tert-OH is 1. The third-order valence-corrected chi connectivity index (χ3v) is 11.4. The molecule has 1 saturated heterocycles. The first-order chi connectivity index (χ1) is 14.4. The zero-order valence-electron chi connectivity index (χ0n) is 19.0. The third kappa shape index (κ3) is 5.41. The summed E-state index contributed by atoms with van der Waals surface area (Å²) in [4.78, 5) is 0. The molecule has 3 nitrogen and oxygen atoms in total. The predicted molar refractivity (Wildman–Crippen MR) is 127 cm³/mol. The highest BCUT2D eigenvalue weighted by Crippen LogP contribution is 2.38. The lowest BCUT2D eigenvalue weighted by Gasteiger charge is -2.44. The van der Waals surface area contributed by atoms with Crippen molar-refractivity contribution in [1.82, 2.24) is 0 Å². The van der Waals surface area contributed by atoms with Crippen LogP contribution < -0.4 is 10.4 Å². The Hall–Kier alpha value is -1.46. The van der Waals surface area contributed by atoms with Crippen molar-refractivity contribution in [2.24, 2.45) is 0 Å². The lowest BCUT2D eigenvalue weighted by atomic mass is 10.1. The second kappa shape index (κ2) is 10.2. The molecule has 0 aliphatic carbocycles. The highest BCUT2D eigenvalue weighted by Gasteiger charge is 2.50. The Morgan fingerprint density at radius 3 is 1.93 bits per heavy atom. The van der Waals surface area contributed by atoms with Gasteiger partial charge in [-0.05, 0) is 35.2 Å². The average molecular weight is 427 g/mol. The SMILES string of the molecule is C[C@H](CCCCC[C@H]1O[C@@H]1CO)O[Si](c1ccccc1)(c1ccccc1)C(C)(C)C. The van der Waals surface area contributed by atoms with E-state index in [0.29, 0.717) is 6.10 Å². The largest absolute Gasteiger partial charge is 0.405 e. The number of benzene rings is 2. The first-order valence-electron chi connectivity index (χ1n) is 11.4. The molecule has 0 bridgehead atoms. The summed E-state index contributed by atoms with van der Waals surface area (Å²) in [6.07, 6.45) is 6.24. The number of hydrogen-bond donors (Lipinski definition) is 1. The van der Waals surface area contributed by atoms with Gasteiger partial charge in [0.15, 0.2) is 0 Å². The van der Waals surface area contributed by atoms with Crippen LogP contribution >= 0.6 is 0 Å². The van der Waals surface area contributed by atoms with Gasteiger partial charge < -0.3 is 14.3 Å². The number of hydrogen-bond acceptors (Lipinski definition) is 3. The summed E-state index contributed by atoms with van der Waals surface area (Å²) < 4.78 is 12.6. The van der Waals surface area contributed by atoms with E-state index in [0.717, 1.165) is 25.7 Å². The first kappa shape index (κ1) is 23.2. The molecular formula is C26H38O3Si. The summed E-state index contributed by atoms with van der Waals surface area (Å²) in [5.74, 6) is 0. The van der Waals surface area contributed by atoms with Gasteiger partial charge in [-0.2, -0.15) is 0 Å². The van der Waals surface area contributed by atoms with E-state index in [9.17, 15) is 0 Å². The summed E-state index contributed by atoms with van der Waals surface area (Å²) in [6.45, 7) is 9.40. The fourth-order valence-electron chi connectivity index (χ4n) is 4.60. The Labute approximate surface area is 183 Å². The van der Waals surface area contributed by atoms with Crippen molar-refractivity contribution in [3.05, 3.63) is 60.7 Å².